The summed E-state index contributed by atoms with van der Waals surface area (Å²) in [5.41, 5.74) is 0.924. The number of hydrogen-bond donors (Lipinski definition) is 1. The highest BCUT2D eigenvalue weighted by Gasteiger charge is 2.21. The molecule has 7 heteroatoms. The van der Waals surface area contributed by atoms with Crippen molar-refractivity contribution in [3.8, 4) is 5.75 Å². The van der Waals surface area contributed by atoms with Crippen LogP contribution in [0.1, 0.15) is 12.5 Å². The van der Waals surface area contributed by atoms with E-state index in [1.54, 1.807) is 13.0 Å². The van der Waals surface area contributed by atoms with E-state index < -0.39 is 9.05 Å². The van der Waals surface area contributed by atoms with Gasteiger partial charge in [0.1, 0.15) is 4.90 Å². The van der Waals surface area contributed by atoms with Gasteiger partial charge >= 0.3 is 0 Å². The lowest BCUT2D eigenvalue weighted by Crippen LogP contribution is -2.09. The molecule has 5 nitrogen and oxygen atoms in total. The second-order valence-corrected chi connectivity index (χ2v) is 6.00. The Kier molecular flexibility index (Phi) is 4.00. The Bertz CT molecular complexity index is 554. The van der Waals surface area contributed by atoms with E-state index >= 15 is 0 Å². The molecular formula is C10H12ClNO4S. The second-order valence-electron chi connectivity index (χ2n) is 3.46. The van der Waals surface area contributed by atoms with Crippen LogP contribution in [-0.4, -0.2) is 21.4 Å². The van der Waals surface area contributed by atoms with Crippen molar-refractivity contribution in [1.82, 2.24) is 0 Å². The van der Waals surface area contributed by atoms with Crippen LogP contribution < -0.4 is 10.1 Å². The third-order valence-corrected chi connectivity index (χ3v) is 3.30. The van der Waals surface area contributed by atoms with Crippen LogP contribution in [0.4, 0.5) is 5.69 Å². The average Bonchev–Trinajstić information content (AvgIpc) is 2.14. The first-order valence-electron chi connectivity index (χ1n) is 4.66. The highest BCUT2D eigenvalue weighted by atomic mass is 35.7. The first-order valence-corrected chi connectivity index (χ1v) is 6.97. The van der Waals surface area contributed by atoms with Gasteiger partial charge in [-0.25, -0.2) is 8.42 Å². The molecular weight excluding hydrogens is 266 g/mol. The first-order chi connectivity index (χ1) is 7.75. The molecule has 17 heavy (non-hydrogen) atoms. The molecule has 0 spiro atoms. The van der Waals surface area contributed by atoms with Crippen LogP contribution in [0.25, 0.3) is 0 Å². The van der Waals surface area contributed by atoms with Gasteiger partial charge in [-0.3, -0.25) is 4.79 Å². The Balaban J connectivity index is 3.51. The summed E-state index contributed by atoms with van der Waals surface area (Å²) in [5.74, 6) is -0.298. The molecule has 0 radical (unpaired) electrons. The summed E-state index contributed by atoms with van der Waals surface area (Å²) in [6, 6.07) is 2.98. The molecule has 0 aliphatic carbocycles. The van der Waals surface area contributed by atoms with Crippen molar-refractivity contribution in [3.05, 3.63) is 17.7 Å². The van der Waals surface area contributed by atoms with Gasteiger partial charge in [0.2, 0.25) is 5.91 Å². The van der Waals surface area contributed by atoms with Crippen LogP contribution in [0, 0.1) is 6.92 Å². The van der Waals surface area contributed by atoms with Gasteiger partial charge in [0.25, 0.3) is 9.05 Å². The maximum absolute atomic E-state index is 11.4. The molecule has 0 saturated carbocycles. The van der Waals surface area contributed by atoms with E-state index in [-0.39, 0.29) is 22.2 Å². The van der Waals surface area contributed by atoms with Crippen molar-refractivity contribution in [2.75, 3.05) is 12.4 Å². The Morgan fingerprint density at radius 1 is 1.41 bits per heavy atom. The number of ether oxygens (including phenoxy) is 1. The molecule has 1 N–H and O–H groups in total. The van der Waals surface area contributed by atoms with Crippen LogP contribution >= 0.6 is 10.7 Å². The summed E-state index contributed by atoms with van der Waals surface area (Å²) in [7, 11) is 2.68. The standard InChI is InChI=1S/C10H12ClNO4S/c1-6-4-8(12-7(2)13)10(16-3)9(5-6)17(11,14)15/h4-5H,1-3H3,(H,12,13). The number of nitrogens with one attached hydrogen (secondary N) is 1. The molecule has 1 amide bonds. The van der Waals surface area contributed by atoms with Gasteiger partial charge in [-0.15, -0.1) is 0 Å². The molecule has 0 bridgehead atoms. The summed E-state index contributed by atoms with van der Waals surface area (Å²) in [4.78, 5) is 10.8. The lowest BCUT2D eigenvalue weighted by Gasteiger charge is -2.13. The number of carbonyl (C=O) groups is 1. The molecule has 0 aliphatic rings. The molecule has 0 heterocycles. The topological polar surface area (TPSA) is 72.5 Å². The highest BCUT2D eigenvalue weighted by Crippen LogP contribution is 2.35. The lowest BCUT2D eigenvalue weighted by atomic mass is 10.2. The maximum Gasteiger partial charge on any atom is 0.265 e. The minimum absolute atomic E-state index is 0.0285. The molecule has 0 aromatic heterocycles. The van der Waals surface area contributed by atoms with Crippen molar-refractivity contribution in [2.24, 2.45) is 0 Å². The second kappa shape index (κ2) is 4.93. The van der Waals surface area contributed by atoms with Gasteiger partial charge in [0, 0.05) is 17.6 Å². The molecule has 0 unspecified atom stereocenters. The molecule has 1 aromatic rings. The minimum atomic E-state index is -3.93. The number of methoxy groups -OCH3 is 1. The van der Waals surface area contributed by atoms with E-state index in [2.05, 4.69) is 5.32 Å². The predicted octanol–water partition coefficient (Wildman–Crippen LogP) is 1.89. The Labute approximate surface area is 104 Å². The summed E-state index contributed by atoms with van der Waals surface area (Å²) in [6.45, 7) is 3.01. The minimum Gasteiger partial charge on any atom is -0.493 e. The smallest absolute Gasteiger partial charge is 0.265 e. The fourth-order valence-electron chi connectivity index (χ4n) is 1.41. The largest absolute Gasteiger partial charge is 0.493 e. The Morgan fingerprint density at radius 2 is 2.00 bits per heavy atom. The molecule has 0 atom stereocenters. The zero-order valence-electron chi connectivity index (χ0n) is 9.57. The van der Waals surface area contributed by atoms with Gasteiger partial charge < -0.3 is 10.1 Å². The van der Waals surface area contributed by atoms with Crippen LogP contribution in [0.3, 0.4) is 0 Å². The summed E-state index contributed by atoms with van der Waals surface area (Å²) >= 11 is 0. The molecule has 0 aliphatic heterocycles. The van der Waals surface area contributed by atoms with Gasteiger partial charge in [0.05, 0.1) is 12.8 Å². The third-order valence-electron chi connectivity index (χ3n) is 1.98. The zero-order chi connectivity index (χ0) is 13.2. The van der Waals surface area contributed by atoms with Gasteiger partial charge in [-0.1, -0.05) is 0 Å². The SMILES string of the molecule is COc1c(NC(C)=O)cc(C)cc1S(=O)(=O)Cl. The van der Waals surface area contributed by atoms with Crippen molar-refractivity contribution >= 4 is 31.3 Å². The molecule has 94 valence electrons. The van der Waals surface area contributed by atoms with E-state index in [1.165, 1.54) is 20.1 Å². The number of carbonyl (C=O) groups excluding carboxylic acids is 1. The first kappa shape index (κ1) is 13.8. The van der Waals surface area contributed by atoms with Crippen LogP contribution in [0.2, 0.25) is 0 Å². The van der Waals surface area contributed by atoms with E-state index in [0.717, 1.165) is 0 Å². The number of benzene rings is 1. The number of halogens is 1. The van der Waals surface area contributed by atoms with E-state index in [9.17, 15) is 13.2 Å². The zero-order valence-corrected chi connectivity index (χ0v) is 11.1. The predicted molar refractivity (Wildman–Crippen MR) is 65.1 cm³/mol. The van der Waals surface area contributed by atoms with E-state index in [4.69, 9.17) is 15.4 Å². The third kappa shape index (κ3) is 3.34. The number of aryl methyl sites for hydroxylation is 1. The normalized spacial score (nSPS) is 11.1. The number of anilines is 1. The monoisotopic (exact) mass is 277 g/mol. The van der Waals surface area contributed by atoms with Gasteiger partial charge in [-0.05, 0) is 24.6 Å². The van der Waals surface area contributed by atoms with E-state index in [1.807, 2.05) is 0 Å². The maximum atomic E-state index is 11.4. The van der Waals surface area contributed by atoms with Gasteiger partial charge in [-0.2, -0.15) is 0 Å². The molecule has 1 aromatic carbocycles. The molecule has 0 saturated heterocycles. The van der Waals surface area contributed by atoms with Crippen LogP contribution in [-0.2, 0) is 13.8 Å². The quantitative estimate of drug-likeness (QED) is 0.857. The van der Waals surface area contributed by atoms with Gasteiger partial charge in [0.15, 0.2) is 5.75 Å². The van der Waals surface area contributed by atoms with E-state index in [0.29, 0.717) is 5.56 Å². The highest BCUT2D eigenvalue weighted by molar-refractivity contribution is 8.13. The van der Waals surface area contributed by atoms with Crippen molar-refractivity contribution in [2.45, 2.75) is 18.7 Å². The molecule has 1 rings (SSSR count). The summed E-state index contributed by atoms with van der Waals surface area (Å²) in [6.07, 6.45) is 0. The Morgan fingerprint density at radius 3 is 2.41 bits per heavy atom. The van der Waals surface area contributed by atoms with Crippen LogP contribution in [0.5, 0.6) is 5.75 Å². The summed E-state index contributed by atoms with van der Waals surface area (Å²) in [5, 5.41) is 2.49. The van der Waals surface area contributed by atoms with Crippen LogP contribution in [0.15, 0.2) is 17.0 Å². The molecule has 0 fully saturated rings. The number of hydrogen-bond acceptors (Lipinski definition) is 4. The number of rotatable bonds is 3. The fraction of sp³-hybridized carbons (Fsp3) is 0.300. The fourth-order valence-corrected chi connectivity index (χ4v) is 2.50. The number of amides is 1. The van der Waals surface area contributed by atoms with Crippen molar-refractivity contribution < 1.29 is 17.9 Å². The lowest BCUT2D eigenvalue weighted by molar-refractivity contribution is -0.114. The average molecular weight is 278 g/mol. The summed E-state index contributed by atoms with van der Waals surface area (Å²) < 4.78 is 27.7. The Hall–Kier alpha value is -1.27. The van der Waals surface area contributed by atoms with Crippen molar-refractivity contribution in [1.29, 1.82) is 0 Å². The van der Waals surface area contributed by atoms with Crippen molar-refractivity contribution in [3.63, 3.8) is 0 Å².